The van der Waals surface area contributed by atoms with Crippen molar-refractivity contribution in [3.8, 4) is 0 Å². The molecule has 3 fully saturated rings. The van der Waals surface area contributed by atoms with Crippen molar-refractivity contribution in [2.75, 3.05) is 32.1 Å². The largest absolute Gasteiger partial charge is 0.411 e. The molecule has 1 aromatic carbocycles. The molecule has 3 saturated heterocycles. The molecule has 0 spiro atoms. The van der Waals surface area contributed by atoms with Crippen molar-refractivity contribution in [2.45, 2.75) is 12.8 Å². The molecule has 4 nitrogen and oxygen atoms in total. The zero-order chi connectivity index (χ0) is 14.1. The van der Waals surface area contributed by atoms with Crippen LogP contribution in [0.5, 0.6) is 0 Å². The lowest BCUT2D eigenvalue weighted by atomic mass is 9.83. The molecule has 2 bridgehead atoms. The molecule has 1 N–H and O–H groups in total. The maximum absolute atomic E-state index is 9.29. The average Bonchev–Trinajstić information content (AvgIpc) is 2.49. The number of hydrogen-bond acceptors (Lipinski definition) is 4. The lowest BCUT2D eigenvalue weighted by Crippen LogP contribution is -2.46. The van der Waals surface area contributed by atoms with Gasteiger partial charge in [-0.2, -0.15) is 0 Å². The van der Waals surface area contributed by atoms with Gasteiger partial charge in [0, 0.05) is 38.8 Å². The fourth-order valence-corrected chi connectivity index (χ4v) is 3.09. The van der Waals surface area contributed by atoms with E-state index < -0.39 is 0 Å². The van der Waals surface area contributed by atoms with Crippen LogP contribution < -0.4 is 4.90 Å². The van der Waals surface area contributed by atoms with Crippen LogP contribution in [-0.4, -0.2) is 43.0 Å². The molecule has 0 radical (unpaired) electrons. The molecule has 0 amide bonds. The third-order valence-electron chi connectivity index (χ3n) is 4.31. The van der Waals surface area contributed by atoms with Crippen molar-refractivity contribution < 1.29 is 5.21 Å². The minimum atomic E-state index is 0. The van der Waals surface area contributed by atoms with E-state index in [2.05, 4.69) is 45.3 Å². The zero-order valence-electron chi connectivity index (χ0n) is 12.5. The van der Waals surface area contributed by atoms with Gasteiger partial charge in [-0.15, -0.1) is 12.4 Å². The lowest BCUT2D eigenvalue weighted by molar-refractivity contribution is 0.229. The molecule has 21 heavy (non-hydrogen) atoms. The van der Waals surface area contributed by atoms with Gasteiger partial charge in [0.15, 0.2) is 0 Å². The van der Waals surface area contributed by atoms with E-state index in [0.29, 0.717) is 5.92 Å². The van der Waals surface area contributed by atoms with Crippen LogP contribution in [0.1, 0.15) is 18.4 Å². The summed E-state index contributed by atoms with van der Waals surface area (Å²) in [5.74, 6) is 0.428. The first-order valence-electron chi connectivity index (χ1n) is 7.15. The summed E-state index contributed by atoms with van der Waals surface area (Å²) in [7, 11) is 4.07. The molecule has 3 aliphatic heterocycles. The van der Waals surface area contributed by atoms with Gasteiger partial charge in [0.2, 0.25) is 0 Å². The van der Waals surface area contributed by atoms with Crippen molar-refractivity contribution in [1.29, 1.82) is 0 Å². The highest BCUT2D eigenvalue weighted by atomic mass is 35.5. The first-order valence-corrected chi connectivity index (χ1v) is 7.15. The minimum absolute atomic E-state index is 0. The van der Waals surface area contributed by atoms with Crippen LogP contribution >= 0.6 is 12.4 Å². The van der Waals surface area contributed by atoms with Crippen molar-refractivity contribution in [3.05, 3.63) is 35.5 Å². The van der Waals surface area contributed by atoms with E-state index in [1.165, 1.54) is 5.69 Å². The predicted octanol–water partition coefficient (Wildman–Crippen LogP) is 3.07. The Bertz CT molecular complexity index is 543. The smallest absolute Gasteiger partial charge is 0.106 e. The summed E-state index contributed by atoms with van der Waals surface area (Å²) in [4.78, 5) is 4.42. The van der Waals surface area contributed by atoms with Gasteiger partial charge in [-0.05, 0) is 36.6 Å². The molecule has 1 aromatic rings. The summed E-state index contributed by atoms with van der Waals surface area (Å²) in [5.41, 5.74) is 4.29. The van der Waals surface area contributed by atoms with Crippen molar-refractivity contribution in [2.24, 2.45) is 11.1 Å². The summed E-state index contributed by atoms with van der Waals surface area (Å²) in [6.07, 6.45) is 4.35. The SMILES string of the molecule is CN(C)c1ccc(/C=C2/C(=NO)C3CCN2CC3)cc1.Cl. The standard InChI is InChI=1S/C16H21N3O.ClH/c1-18(2)14-5-3-12(4-6-14)11-15-16(17-20)13-7-9-19(15)10-8-13;/h3-6,11,13,20H,7-10H2,1-2H3;1H/b15-11-,17-16?;. The number of allylic oxidation sites excluding steroid dienone is 1. The van der Waals surface area contributed by atoms with Crippen LogP contribution in [0.25, 0.3) is 6.08 Å². The van der Waals surface area contributed by atoms with E-state index in [9.17, 15) is 5.21 Å². The molecule has 114 valence electrons. The molecule has 3 aliphatic rings. The number of rotatable bonds is 2. The van der Waals surface area contributed by atoms with Crippen molar-refractivity contribution in [1.82, 2.24) is 4.90 Å². The second kappa shape index (κ2) is 6.39. The quantitative estimate of drug-likeness (QED) is 0.674. The summed E-state index contributed by atoms with van der Waals surface area (Å²) < 4.78 is 0. The van der Waals surface area contributed by atoms with E-state index in [4.69, 9.17) is 0 Å². The number of oxime groups is 1. The molecule has 3 heterocycles. The van der Waals surface area contributed by atoms with Crippen molar-refractivity contribution >= 4 is 29.9 Å². The van der Waals surface area contributed by atoms with E-state index >= 15 is 0 Å². The number of nitrogens with zero attached hydrogens (tertiary/aromatic N) is 3. The topological polar surface area (TPSA) is 39.1 Å². The molecule has 0 saturated carbocycles. The molecular formula is C16H22ClN3O. The number of hydrogen-bond donors (Lipinski definition) is 1. The first kappa shape index (κ1) is 15.7. The Hall–Kier alpha value is -1.68. The molecule has 5 heteroatoms. The molecule has 0 unspecified atom stereocenters. The van der Waals surface area contributed by atoms with Gasteiger partial charge in [-0.25, -0.2) is 0 Å². The van der Waals surface area contributed by atoms with Gasteiger partial charge in [0.25, 0.3) is 0 Å². The summed E-state index contributed by atoms with van der Waals surface area (Å²) >= 11 is 0. The van der Waals surface area contributed by atoms with Gasteiger partial charge in [0.1, 0.15) is 5.71 Å². The summed E-state index contributed by atoms with van der Waals surface area (Å²) in [6.45, 7) is 2.15. The average molecular weight is 308 g/mol. The highest BCUT2D eigenvalue weighted by Crippen LogP contribution is 2.33. The highest BCUT2D eigenvalue weighted by Gasteiger charge is 2.35. The third-order valence-corrected chi connectivity index (χ3v) is 4.31. The van der Waals surface area contributed by atoms with Crippen LogP contribution in [0.4, 0.5) is 5.69 Å². The number of anilines is 1. The third kappa shape index (κ3) is 3.00. The van der Waals surface area contributed by atoms with Gasteiger partial charge < -0.3 is 15.0 Å². The number of fused-ring (bicyclic) bond motifs is 3. The Balaban J connectivity index is 0.00000161. The molecular weight excluding hydrogens is 286 g/mol. The van der Waals surface area contributed by atoms with Crippen LogP contribution in [0, 0.1) is 5.92 Å². The number of piperidine rings is 3. The Morgan fingerprint density at radius 1 is 1.19 bits per heavy atom. The number of halogens is 1. The normalized spacial score (nSPS) is 21.7. The second-order valence-electron chi connectivity index (χ2n) is 5.76. The fraction of sp³-hybridized carbons (Fsp3) is 0.438. The maximum atomic E-state index is 9.29. The summed E-state index contributed by atoms with van der Waals surface area (Å²) in [6, 6.07) is 8.44. The predicted molar refractivity (Wildman–Crippen MR) is 89.5 cm³/mol. The van der Waals surface area contributed by atoms with E-state index in [1.807, 2.05) is 14.1 Å². The van der Waals surface area contributed by atoms with Gasteiger partial charge in [0.05, 0.1) is 5.70 Å². The van der Waals surface area contributed by atoms with Crippen molar-refractivity contribution in [3.63, 3.8) is 0 Å². The zero-order valence-corrected chi connectivity index (χ0v) is 13.3. The Labute approximate surface area is 132 Å². The minimum Gasteiger partial charge on any atom is -0.411 e. The molecule has 0 atom stereocenters. The maximum Gasteiger partial charge on any atom is 0.106 e. The monoisotopic (exact) mass is 307 g/mol. The van der Waals surface area contributed by atoms with Crippen LogP contribution in [0.2, 0.25) is 0 Å². The van der Waals surface area contributed by atoms with Gasteiger partial charge in [-0.3, -0.25) is 0 Å². The Kier molecular flexibility index (Phi) is 4.78. The van der Waals surface area contributed by atoms with Gasteiger partial charge >= 0.3 is 0 Å². The van der Waals surface area contributed by atoms with Gasteiger partial charge in [-0.1, -0.05) is 17.3 Å². The molecule has 0 aromatic heterocycles. The van der Waals surface area contributed by atoms with Crippen LogP contribution in [-0.2, 0) is 0 Å². The van der Waals surface area contributed by atoms with Crippen LogP contribution in [0.3, 0.4) is 0 Å². The fourth-order valence-electron chi connectivity index (χ4n) is 3.09. The van der Waals surface area contributed by atoms with E-state index in [0.717, 1.165) is 42.9 Å². The summed E-state index contributed by atoms with van der Waals surface area (Å²) in [5, 5.41) is 12.8. The Morgan fingerprint density at radius 3 is 2.33 bits per heavy atom. The van der Waals surface area contributed by atoms with Crippen LogP contribution in [0.15, 0.2) is 35.1 Å². The first-order chi connectivity index (χ1) is 9.69. The second-order valence-corrected chi connectivity index (χ2v) is 5.76. The number of benzene rings is 1. The molecule has 4 rings (SSSR count). The van der Waals surface area contributed by atoms with E-state index in [-0.39, 0.29) is 12.4 Å². The molecule has 0 aliphatic carbocycles. The Morgan fingerprint density at radius 2 is 1.81 bits per heavy atom. The lowest BCUT2D eigenvalue weighted by Gasteiger charge is -2.42. The highest BCUT2D eigenvalue weighted by molar-refractivity contribution is 6.05. The van der Waals surface area contributed by atoms with E-state index in [1.54, 1.807) is 0 Å².